The Morgan fingerprint density at radius 1 is 1.40 bits per heavy atom. The van der Waals surface area contributed by atoms with Gasteiger partial charge in [-0.1, -0.05) is 6.92 Å². The van der Waals surface area contributed by atoms with Crippen molar-refractivity contribution in [2.24, 2.45) is 0 Å². The highest BCUT2D eigenvalue weighted by Crippen LogP contribution is 2.10. The Bertz CT molecular complexity index is 565. The summed E-state index contributed by atoms with van der Waals surface area (Å²) in [7, 11) is 0. The number of rotatable bonds is 6. The van der Waals surface area contributed by atoms with Crippen LogP contribution in [0.1, 0.15) is 35.0 Å². The van der Waals surface area contributed by atoms with Crippen LogP contribution in [-0.2, 0) is 6.54 Å². The Balaban J connectivity index is 2.02. The first kappa shape index (κ1) is 14.1. The van der Waals surface area contributed by atoms with Gasteiger partial charge in [-0.2, -0.15) is 0 Å². The zero-order valence-corrected chi connectivity index (χ0v) is 11.8. The van der Waals surface area contributed by atoms with E-state index in [1.165, 1.54) is 0 Å². The smallest absolute Gasteiger partial charge is 0.251 e. The van der Waals surface area contributed by atoms with E-state index in [0.717, 1.165) is 30.0 Å². The summed E-state index contributed by atoms with van der Waals surface area (Å²) in [5.74, 6) is 0.622. The highest BCUT2D eigenvalue weighted by atomic mass is 16.3. The molecule has 0 unspecified atom stereocenters. The molecular weight excluding hydrogens is 254 g/mol. The van der Waals surface area contributed by atoms with Gasteiger partial charge in [0.1, 0.15) is 5.82 Å². The molecule has 0 aromatic carbocycles. The second-order valence-corrected chi connectivity index (χ2v) is 4.62. The minimum atomic E-state index is -0.115. The van der Waals surface area contributed by atoms with Gasteiger partial charge in [-0.25, -0.2) is 4.98 Å². The Hall–Kier alpha value is -2.30. The van der Waals surface area contributed by atoms with Gasteiger partial charge in [-0.15, -0.1) is 0 Å². The van der Waals surface area contributed by atoms with Gasteiger partial charge in [0.2, 0.25) is 0 Å². The van der Waals surface area contributed by atoms with Crippen LogP contribution in [0.2, 0.25) is 0 Å². The summed E-state index contributed by atoms with van der Waals surface area (Å²) < 4.78 is 4.96. The number of carbonyl (C=O) groups is 1. The van der Waals surface area contributed by atoms with Crippen molar-refractivity contribution in [2.75, 3.05) is 11.9 Å². The maximum Gasteiger partial charge on any atom is 0.251 e. The van der Waals surface area contributed by atoms with Crippen LogP contribution in [0.5, 0.6) is 0 Å². The van der Waals surface area contributed by atoms with Crippen LogP contribution >= 0.6 is 0 Å². The van der Waals surface area contributed by atoms with Crippen LogP contribution in [0, 0.1) is 6.92 Å². The van der Waals surface area contributed by atoms with Gasteiger partial charge in [-0.3, -0.25) is 4.79 Å². The molecule has 20 heavy (non-hydrogen) atoms. The first-order valence-corrected chi connectivity index (χ1v) is 6.71. The minimum absolute atomic E-state index is 0.115. The average molecular weight is 273 g/mol. The topological polar surface area (TPSA) is 67.2 Å². The second-order valence-electron chi connectivity index (χ2n) is 4.62. The molecule has 0 atom stereocenters. The molecule has 106 valence electrons. The maximum absolute atomic E-state index is 12.1. The largest absolute Gasteiger partial charge is 0.472 e. The van der Waals surface area contributed by atoms with Crippen molar-refractivity contribution in [3.63, 3.8) is 0 Å². The molecule has 2 rings (SSSR count). The third-order valence-corrected chi connectivity index (χ3v) is 2.80. The number of hydrogen-bond donors (Lipinski definition) is 2. The van der Waals surface area contributed by atoms with E-state index >= 15 is 0 Å². The molecule has 5 heteroatoms. The molecule has 5 nitrogen and oxygen atoms in total. The van der Waals surface area contributed by atoms with Crippen molar-refractivity contribution in [1.29, 1.82) is 0 Å². The van der Waals surface area contributed by atoms with Crippen molar-refractivity contribution in [3.05, 3.63) is 47.5 Å². The number of carbonyl (C=O) groups excluding carboxylic acids is 1. The molecule has 0 saturated heterocycles. The van der Waals surface area contributed by atoms with E-state index in [1.807, 2.05) is 13.0 Å². The summed E-state index contributed by atoms with van der Waals surface area (Å²) >= 11 is 0. The van der Waals surface area contributed by atoms with Crippen molar-refractivity contribution in [2.45, 2.75) is 26.8 Å². The SMILES string of the molecule is CCCNc1cc(C(=O)NCc2ccoc2)cc(C)n1. The first-order valence-electron chi connectivity index (χ1n) is 6.71. The molecule has 0 aliphatic rings. The molecule has 2 aromatic rings. The first-order chi connectivity index (χ1) is 9.69. The van der Waals surface area contributed by atoms with Gasteiger partial charge < -0.3 is 15.1 Å². The van der Waals surface area contributed by atoms with Crippen molar-refractivity contribution in [3.8, 4) is 0 Å². The maximum atomic E-state index is 12.1. The zero-order valence-electron chi connectivity index (χ0n) is 11.8. The van der Waals surface area contributed by atoms with Crippen LogP contribution < -0.4 is 10.6 Å². The van der Waals surface area contributed by atoms with E-state index in [-0.39, 0.29) is 5.91 Å². The average Bonchev–Trinajstić information content (AvgIpc) is 2.95. The number of nitrogens with zero attached hydrogens (tertiary/aromatic N) is 1. The number of furan rings is 1. The molecule has 0 radical (unpaired) electrons. The summed E-state index contributed by atoms with van der Waals surface area (Å²) in [6, 6.07) is 5.38. The summed E-state index contributed by atoms with van der Waals surface area (Å²) in [6.45, 7) is 5.26. The Morgan fingerprint density at radius 2 is 2.25 bits per heavy atom. The Kier molecular flexibility index (Phi) is 4.76. The summed E-state index contributed by atoms with van der Waals surface area (Å²) in [4.78, 5) is 16.5. The fraction of sp³-hybridized carbons (Fsp3) is 0.333. The third-order valence-electron chi connectivity index (χ3n) is 2.80. The quantitative estimate of drug-likeness (QED) is 0.849. The van der Waals surface area contributed by atoms with Crippen molar-refractivity contribution in [1.82, 2.24) is 10.3 Å². The van der Waals surface area contributed by atoms with Gasteiger partial charge in [0.15, 0.2) is 0 Å². The van der Waals surface area contributed by atoms with Crippen LogP contribution in [0.4, 0.5) is 5.82 Å². The fourth-order valence-corrected chi connectivity index (χ4v) is 1.82. The number of aryl methyl sites for hydroxylation is 1. The lowest BCUT2D eigenvalue weighted by Crippen LogP contribution is -2.23. The molecule has 0 saturated carbocycles. The van der Waals surface area contributed by atoms with Crippen molar-refractivity contribution >= 4 is 11.7 Å². The van der Waals surface area contributed by atoms with Crippen LogP contribution in [-0.4, -0.2) is 17.4 Å². The molecule has 2 heterocycles. The summed E-state index contributed by atoms with van der Waals surface area (Å²) in [5, 5.41) is 6.05. The van der Waals surface area contributed by atoms with Crippen molar-refractivity contribution < 1.29 is 9.21 Å². The lowest BCUT2D eigenvalue weighted by atomic mass is 10.2. The van der Waals surface area contributed by atoms with Gasteiger partial charge in [0.05, 0.1) is 12.5 Å². The van der Waals surface area contributed by atoms with Gasteiger partial charge in [0.25, 0.3) is 5.91 Å². The number of pyridine rings is 1. The normalized spacial score (nSPS) is 10.3. The molecule has 1 amide bonds. The molecule has 2 aromatic heterocycles. The van der Waals surface area contributed by atoms with E-state index in [2.05, 4.69) is 22.5 Å². The zero-order chi connectivity index (χ0) is 14.4. The molecule has 0 aliphatic carbocycles. The predicted molar refractivity (Wildman–Crippen MR) is 77.6 cm³/mol. The lowest BCUT2D eigenvalue weighted by molar-refractivity contribution is 0.0950. The third kappa shape index (κ3) is 3.85. The lowest BCUT2D eigenvalue weighted by Gasteiger charge is -2.08. The van der Waals surface area contributed by atoms with Gasteiger partial charge >= 0.3 is 0 Å². The van der Waals surface area contributed by atoms with E-state index in [1.54, 1.807) is 24.7 Å². The molecule has 2 N–H and O–H groups in total. The monoisotopic (exact) mass is 273 g/mol. The summed E-state index contributed by atoms with van der Waals surface area (Å²) in [5.41, 5.74) is 2.37. The highest BCUT2D eigenvalue weighted by molar-refractivity contribution is 5.94. The fourth-order valence-electron chi connectivity index (χ4n) is 1.82. The predicted octanol–water partition coefficient (Wildman–Crippen LogP) is 2.73. The Labute approximate surface area is 118 Å². The molecule has 0 fully saturated rings. The van der Waals surface area contributed by atoms with Crippen LogP contribution in [0.15, 0.2) is 35.1 Å². The van der Waals surface area contributed by atoms with Crippen LogP contribution in [0.3, 0.4) is 0 Å². The number of nitrogens with one attached hydrogen (secondary N) is 2. The van der Waals surface area contributed by atoms with Crippen LogP contribution in [0.25, 0.3) is 0 Å². The van der Waals surface area contributed by atoms with Gasteiger partial charge in [0, 0.05) is 29.9 Å². The minimum Gasteiger partial charge on any atom is -0.472 e. The summed E-state index contributed by atoms with van der Waals surface area (Å²) in [6.07, 6.45) is 4.22. The van der Waals surface area contributed by atoms with Gasteiger partial charge in [-0.05, 0) is 31.5 Å². The van der Waals surface area contributed by atoms with E-state index in [9.17, 15) is 4.79 Å². The van der Waals surface area contributed by atoms with E-state index in [4.69, 9.17) is 4.42 Å². The van der Waals surface area contributed by atoms with E-state index in [0.29, 0.717) is 12.1 Å². The molecule has 0 spiro atoms. The standard InChI is InChI=1S/C15H19N3O2/c1-3-5-16-14-8-13(7-11(2)18-14)15(19)17-9-12-4-6-20-10-12/h4,6-8,10H,3,5,9H2,1-2H3,(H,16,18)(H,17,19). The Morgan fingerprint density at radius 3 is 2.95 bits per heavy atom. The van der Waals surface area contributed by atoms with E-state index < -0.39 is 0 Å². The molecule has 0 aliphatic heterocycles. The highest BCUT2D eigenvalue weighted by Gasteiger charge is 2.08. The number of hydrogen-bond acceptors (Lipinski definition) is 4. The second kappa shape index (κ2) is 6.75. The number of aromatic nitrogens is 1. The number of anilines is 1. The molecular formula is C15H19N3O2. The number of amides is 1. The molecule has 0 bridgehead atoms.